The quantitative estimate of drug-likeness (QED) is 0.758. The summed E-state index contributed by atoms with van der Waals surface area (Å²) in [4.78, 5) is 16.4. The predicted octanol–water partition coefficient (Wildman–Crippen LogP) is 3.98. The zero-order valence-electron chi connectivity index (χ0n) is 12.8. The molecule has 0 spiro atoms. The van der Waals surface area contributed by atoms with E-state index in [0.717, 1.165) is 35.6 Å². The minimum Gasteiger partial charge on any atom is -0.352 e. The molecular weight excluding hydrogens is 355 g/mol. The van der Waals surface area contributed by atoms with E-state index in [1.165, 1.54) is 0 Å². The van der Waals surface area contributed by atoms with Crippen LogP contribution in [0.1, 0.15) is 21.6 Å². The van der Waals surface area contributed by atoms with E-state index in [9.17, 15) is 18.0 Å². The molecule has 4 nitrogen and oxygen atoms in total. The fraction of sp³-hybridized carbons (Fsp3) is 0.176. The first-order chi connectivity index (χ1) is 11.8. The maximum Gasteiger partial charge on any atom is 0.416 e. The molecule has 0 aliphatic carbocycles. The smallest absolute Gasteiger partial charge is 0.352 e. The van der Waals surface area contributed by atoms with Crippen LogP contribution >= 0.6 is 11.6 Å². The largest absolute Gasteiger partial charge is 0.416 e. The normalized spacial score (nSPS) is 11.7. The highest BCUT2D eigenvalue weighted by atomic mass is 35.5. The number of hydrogen-bond acceptors (Lipinski definition) is 2. The highest BCUT2D eigenvalue weighted by Gasteiger charge is 2.30. The number of carbonyl (C=O) groups excluding carboxylic acids is 1. The first-order valence-corrected chi connectivity index (χ1v) is 7.79. The summed E-state index contributed by atoms with van der Waals surface area (Å²) < 4.78 is 39.3. The van der Waals surface area contributed by atoms with Gasteiger partial charge >= 0.3 is 6.18 Å². The molecule has 2 aromatic heterocycles. The van der Waals surface area contributed by atoms with Crippen LogP contribution in [0, 0.1) is 0 Å². The summed E-state index contributed by atoms with van der Waals surface area (Å²) in [7, 11) is 0. The number of aromatic nitrogens is 2. The summed E-state index contributed by atoms with van der Waals surface area (Å²) in [5, 5.41) is 3.26. The van der Waals surface area contributed by atoms with E-state index in [0.29, 0.717) is 18.0 Å². The number of halogens is 4. The summed E-state index contributed by atoms with van der Waals surface area (Å²) in [6, 6.07) is 7.62. The van der Waals surface area contributed by atoms with Crippen LogP contribution in [-0.4, -0.2) is 21.8 Å². The molecule has 3 rings (SSSR count). The number of carbonyl (C=O) groups is 1. The third kappa shape index (κ3) is 4.11. The monoisotopic (exact) mass is 367 g/mol. The molecular formula is C17H13ClF3N3O. The number of fused-ring (bicyclic) bond motifs is 1. The van der Waals surface area contributed by atoms with Gasteiger partial charge in [-0.05, 0) is 36.4 Å². The van der Waals surface area contributed by atoms with Crippen LogP contribution in [0.4, 0.5) is 13.2 Å². The average Bonchev–Trinajstić information content (AvgIpc) is 2.96. The zero-order valence-corrected chi connectivity index (χ0v) is 13.6. The Hall–Kier alpha value is -2.54. The highest BCUT2D eigenvalue weighted by molar-refractivity contribution is 6.30. The Labute approximate surface area is 146 Å². The maximum absolute atomic E-state index is 12.5. The van der Waals surface area contributed by atoms with Crippen molar-refractivity contribution in [3.8, 4) is 0 Å². The molecule has 25 heavy (non-hydrogen) atoms. The van der Waals surface area contributed by atoms with Crippen molar-refractivity contribution in [2.75, 3.05) is 6.54 Å². The Morgan fingerprint density at radius 3 is 2.52 bits per heavy atom. The van der Waals surface area contributed by atoms with Crippen molar-refractivity contribution < 1.29 is 18.0 Å². The van der Waals surface area contributed by atoms with Crippen LogP contribution in [0.3, 0.4) is 0 Å². The van der Waals surface area contributed by atoms with Gasteiger partial charge in [-0.3, -0.25) is 4.79 Å². The zero-order chi connectivity index (χ0) is 18.0. The van der Waals surface area contributed by atoms with E-state index in [1.54, 1.807) is 22.7 Å². The molecule has 2 heterocycles. The van der Waals surface area contributed by atoms with Crippen molar-refractivity contribution in [1.82, 2.24) is 14.7 Å². The molecule has 130 valence electrons. The molecule has 1 aromatic carbocycles. The van der Waals surface area contributed by atoms with Crippen molar-refractivity contribution in [3.05, 3.63) is 70.6 Å². The molecule has 1 N–H and O–H groups in total. The van der Waals surface area contributed by atoms with E-state index in [2.05, 4.69) is 10.3 Å². The van der Waals surface area contributed by atoms with Gasteiger partial charge < -0.3 is 9.72 Å². The van der Waals surface area contributed by atoms with Gasteiger partial charge in [-0.1, -0.05) is 11.6 Å². The van der Waals surface area contributed by atoms with Gasteiger partial charge in [-0.2, -0.15) is 13.2 Å². The Kier molecular flexibility index (Phi) is 4.67. The molecule has 0 fully saturated rings. The fourth-order valence-electron chi connectivity index (χ4n) is 2.35. The second kappa shape index (κ2) is 6.76. The number of hydrogen-bond donors (Lipinski definition) is 1. The minimum atomic E-state index is -4.42. The minimum absolute atomic E-state index is 0.176. The van der Waals surface area contributed by atoms with E-state index < -0.39 is 17.6 Å². The fourth-order valence-corrected chi connectivity index (χ4v) is 2.52. The van der Waals surface area contributed by atoms with Gasteiger partial charge in [0, 0.05) is 30.9 Å². The lowest BCUT2D eigenvalue weighted by Gasteiger charge is -2.08. The Bertz CT molecular complexity index is 904. The maximum atomic E-state index is 12.5. The van der Waals surface area contributed by atoms with Crippen molar-refractivity contribution >= 4 is 23.2 Å². The van der Waals surface area contributed by atoms with E-state index in [1.807, 2.05) is 6.20 Å². The number of alkyl halides is 3. The Morgan fingerprint density at radius 1 is 1.12 bits per heavy atom. The average molecular weight is 368 g/mol. The van der Waals surface area contributed by atoms with Crippen LogP contribution in [0.2, 0.25) is 5.02 Å². The molecule has 3 aromatic rings. The molecule has 1 amide bonds. The third-order valence-electron chi connectivity index (χ3n) is 3.61. The predicted molar refractivity (Wildman–Crippen MR) is 87.7 cm³/mol. The number of nitrogens with zero attached hydrogens (tertiary/aromatic N) is 2. The molecule has 0 saturated heterocycles. The first-order valence-electron chi connectivity index (χ1n) is 7.41. The number of benzene rings is 1. The molecule has 0 saturated carbocycles. The van der Waals surface area contributed by atoms with Gasteiger partial charge in [-0.15, -0.1) is 0 Å². The van der Waals surface area contributed by atoms with Gasteiger partial charge in [0.15, 0.2) is 0 Å². The van der Waals surface area contributed by atoms with Crippen LogP contribution in [0.5, 0.6) is 0 Å². The summed E-state index contributed by atoms with van der Waals surface area (Å²) in [6.07, 6.45) is -0.383. The molecule has 0 aliphatic rings. The van der Waals surface area contributed by atoms with Crippen molar-refractivity contribution in [2.45, 2.75) is 12.6 Å². The van der Waals surface area contributed by atoms with Gasteiger partial charge in [0.25, 0.3) is 5.91 Å². The number of pyridine rings is 1. The number of nitrogens with one attached hydrogen (secondary N) is 1. The van der Waals surface area contributed by atoms with Crippen molar-refractivity contribution in [1.29, 1.82) is 0 Å². The number of amides is 1. The summed E-state index contributed by atoms with van der Waals surface area (Å²) >= 11 is 5.90. The lowest BCUT2D eigenvalue weighted by Crippen LogP contribution is -2.25. The molecule has 0 atom stereocenters. The molecule has 0 unspecified atom stereocenters. The third-order valence-corrected chi connectivity index (χ3v) is 3.83. The van der Waals surface area contributed by atoms with E-state index in [-0.39, 0.29) is 5.56 Å². The topological polar surface area (TPSA) is 46.4 Å². The second-order valence-electron chi connectivity index (χ2n) is 5.43. The first kappa shape index (κ1) is 17.3. The molecule has 8 heteroatoms. The van der Waals surface area contributed by atoms with Crippen LogP contribution in [-0.2, 0) is 12.6 Å². The van der Waals surface area contributed by atoms with Crippen LogP contribution in [0.25, 0.3) is 5.65 Å². The van der Waals surface area contributed by atoms with Gasteiger partial charge in [0.1, 0.15) is 5.65 Å². The summed E-state index contributed by atoms with van der Waals surface area (Å²) in [5.41, 5.74) is 0.908. The number of rotatable bonds is 4. The lowest BCUT2D eigenvalue weighted by atomic mass is 10.1. The summed E-state index contributed by atoms with van der Waals surface area (Å²) in [5.74, 6) is -0.430. The lowest BCUT2D eigenvalue weighted by molar-refractivity contribution is -0.137. The highest BCUT2D eigenvalue weighted by Crippen LogP contribution is 2.29. The second-order valence-corrected chi connectivity index (χ2v) is 5.86. The van der Waals surface area contributed by atoms with E-state index >= 15 is 0 Å². The standard InChI is InChI=1S/C17H13ClF3N3O/c18-13-5-6-15-23-14(10-24(15)9-13)7-8-22-16(25)11-1-3-12(4-2-11)17(19,20)21/h1-6,9-10H,7-8H2,(H,22,25). The van der Waals surface area contributed by atoms with E-state index in [4.69, 9.17) is 11.6 Å². The van der Waals surface area contributed by atoms with Crippen LogP contribution < -0.4 is 5.32 Å². The van der Waals surface area contributed by atoms with Gasteiger partial charge in [-0.25, -0.2) is 4.98 Å². The molecule has 0 bridgehead atoms. The Morgan fingerprint density at radius 2 is 1.84 bits per heavy atom. The Balaban J connectivity index is 1.58. The number of imidazole rings is 1. The van der Waals surface area contributed by atoms with Crippen molar-refractivity contribution in [2.24, 2.45) is 0 Å². The van der Waals surface area contributed by atoms with Crippen LogP contribution in [0.15, 0.2) is 48.8 Å². The van der Waals surface area contributed by atoms with Gasteiger partial charge in [0.2, 0.25) is 0 Å². The molecule has 0 aliphatic heterocycles. The summed E-state index contributed by atoms with van der Waals surface area (Å²) in [6.45, 7) is 0.317. The SMILES string of the molecule is O=C(NCCc1cn2cc(Cl)ccc2n1)c1ccc(C(F)(F)F)cc1. The molecule has 0 radical (unpaired) electrons. The van der Waals surface area contributed by atoms with Crippen molar-refractivity contribution in [3.63, 3.8) is 0 Å². The van der Waals surface area contributed by atoms with Gasteiger partial charge in [0.05, 0.1) is 16.3 Å².